The maximum atomic E-state index is 11.6. The SMILES string of the molecule is C=CCNC(=O)Nc1ccc(C)c(OC2CCOC2)c1. The van der Waals surface area contributed by atoms with Crippen LogP contribution in [0.2, 0.25) is 0 Å². The Labute approximate surface area is 119 Å². The molecule has 1 aliphatic heterocycles. The van der Waals surface area contributed by atoms with E-state index in [0.29, 0.717) is 18.8 Å². The Morgan fingerprint density at radius 2 is 2.45 bits per heavy atom. The number of hydrogen-bond donors (Lipinski definition) is 2. The first-order chi connectivity index (χ1) is 9.69. The smallest absolute Gasteiger partial charge is 0.319 e. The number of carbonyl (C=O) groups excluding carboxylic acids is 1. The van der Waals surface area contributed by atoms with Gasteiger partial charge < -0.3 is 20.1 Å². The number of urea groups is 1. The van der Waals surface area contributed by atoms with Crippen LogP contribution in [-0.4, -0.2) is 31.9 Å². The van der Waals surface area contributed by atoms with E-state index in [1.54, 1.807) is 6.08 Å². The zero-order chi connectivity index (χ0) is 14.4. The molecule has 1 heterocycles. The third kappa shape index (κ3) is 3.99. The maximum Gasteiger partial charge on any atom is 0.319 e. The van der Waals surface area contributed by atoms with Gasteiger partial charge in [0.15, 0.2) is 0 Å². The Morgan fingerprint density at radius 1 is 1.60 bits per heavy atom. The van der Waals surface area contributed by atoms with Crippen molar-refractivity contribution in [3.8, 4) is 5.75 Å². The van der Waals surface area contributed by atoms with Gasteiger partial charge in [0.05, 0.1) is 13.2 Å². The zero-order valence-electron chi connectivity index (χ0n) is 11.6. The third-order valence-corrected chi connectivity index (χ3v) is 3.03. The maximum absolute atomic E-state index is 11.6. The van der Waals surface area contributed by atoms with Crippen LogP contribution in [0.4, 0.5) is 10.5 Å². The summed E-state index contributed by atoms with van der Waals surface area (Å²) in [6.45, 7) is 7.32. The van der Waals surface area contributed by atoms with Crippen LogP contribution in [0.1, 0.15) is 12.0 Å². The molecule has 0 radical (unpaired) electrons. The summed E-state index contributed by atoms with van der Waals surface area (Å²) in [4.78, 5) is 11.6. The lowest BCUT2D eigenvalue weighted by molar-refractivity contribution is 0.141. The van der Waals surface area contributed by atoms with Crippen molar-refractivity contribution in [3.05, 3.63) is 36.4 Å². The highest BCUT2D eigenvalue weighted by molar-refractivity contribution is 5.89. The van der Waals surface area contributed by atoms with Crippen LogP contribution in [-0.2, 0) is 4.74 Å². The van der Waals surface area contributed by atoms with Crippen molar-refractivity contribution in [3.63, 3.8) is 0 Å². The van der Waals surface area contributed by atoms with E-state index in [9.17, 15) is 4.79 Å². The number of amides is 2. The van der Waals surface area contributed by atoms with E-state index in [1.807, 2.05) is 25.1 Å². The molecule has 1 atom stereocenters. The molecule has 1 aliphatic rings. The average molecular weight is 276 g/mol. The summed E-state index contributed by atoms with van der Waals surface area (Å²) in [5, 5.41) is 5.42. The fourth-order valence-electron chi connectivity index (χ4n) is 1.93. The molecule has 0 spiro atoms. The van der Waals surface area contributed by atoms with Gasteiger partial charge in [0.25, 0.3) is 0 Å². The van der Waals surface area contributed by atoms with Crippen molar-refractivity contribution in [2.45, 2.75) is 19.4 Å². The van der Waals surface area contributed by atoms with Crippen molar-refractivity contribution in [2.24, 2.45) is 0 Å². The number of hydrogen-bond acceptors (Lipinski definition) is 3. The van der Waals surface area contributed by atoms with Crippen molar-refractivity contribution >= 4 is 11.7 Å². The molecule has 0 saturated carbocycles. The Kier molecular flexibility index (Phi) is 5.01. The molecule has 108 valence electrons. The van der Waals surface area contributed by atoms with E-state index >= 15 is 0 Å². The molecule has 0 aromatic heterocycles. The van der Waals surface area contributed by atoms with Gasteiger partial charge in [0.2, 0.25) is 0 Å². The van der Waals surface area contributed by atoms with Gasteiger partial charge in [-0.05, 0) is 18.6 Å². The van der Waals surface area contributed by atoms with Crippen molar-refractivity contribution < 1.29 is 14.3 Å². The molecule has 5 nitrogen and oxygen atoms in total. The topological polar surface area (TPSA) is 59.6 Å². The lowest BCUT2D eigenvalue weighted by Crippen LogP contribution is -2.28. The van der Waals surface area contributed by atoms with E-state index in [2.05, 4.69) is 17.2 Å². The van der Waals surface area contributed by atoms with Gasteiger partial charge in [-0.3, -0.25) is 0 Å². The molecular weight excluding hydrogens is 256 g/mol. The second-order valence-corrected chi connectivity index (χ2v) is 4.71. The molecule has 2 rings (SSSR count). The summed E-state index contributed by atoms with van der Waals surface area (Å²) in [6.07, 6.45) is 2.62. The summed E-state index contributed by atoms with van der Waals surface area (Å²) in [5.74, 6) is 0.780. The molecule has 1 fully saturated rings. The first kappa shape index (κ1) is 14.4. The van der Waals surface area contributed by atoms with Gasteiger partial charge in [0.1, 0.15) is 11.9 Å². The van der Waals surface area contributed by atoms with Gasteiger partial charge in [-0.2, -0.15) is 0 Å². The Morgan fingerprint density at radius 3 is 3.15 bits per heavy atom. The van der Waals surface area contributed by atoms with Crippen LogP contribution in [0.15, 0.2) is 30.9 Å². The molecule has 1 unspecified atom stereocenters. The van der Waals surface area contributed by atoms with E-state index < -0.39 is 0 Å². The zero-order valence-corrected chi connectivity index (χ0v) is 11.6. The van der Waals surface area contributed by atoms with Crippen LogP contribution < -0.4 is 15.4 Å². The number of ether oxygens (including phenoxy) is 2. The summed E-state index contributed by atoms with van der Waals surface area (Å²) < 4.78 is 11.2. The second-order valence-electron chi connectivity index (χ2n) is 4.71. The molecular formula is C15H20N2O3. The van der Waals surface area contributed by atoms with Gasteiger partial charge in [-0.1, -0.05) is 12.1 Å². The second kappa shape index (κ2) is 6.96. The standard InChI is InChI=1S/C15H20N2O3/c1-3-7-16-15(18)17-12-5-4-11(2)14(9-12)20-13-6-8-19-10-13/h3-5,9,13H,1,6-8,10H2,2H3,(H2,16,17,18). The van der Waals surface area contributed by atoms with Crippen LogP contribution in [0.25, 0.3) is 0 Å². The highest BCUT2D eigenvalue weighted by Gasteiger charge is 2.18. The van der Waals surface area contributed by atoms with Gasteiger partial charge in [0, 0.05) is 24.7 Å². The first-order valence-electron chi connectivity index (χ1n) is 6.70. The average Bonchev–Trinajstić information content (AvgIpc) is 2.93. The first-order valence-corrected chi connectivity index (χ1v) is 6.70. The fourth-order valence-corrected chi connectivity index (χ4v) is 1.93. The fraction of sp³-hybridized carbons (Fsp3) is 0.400. The molecule has 20 heavy (non-hydrogen) atoms. The molecule has 5 heteroatoms. The number of nitrogens with one attached hydrogen (secondary N) is 2. The number of carbonyl (C=O) groups is 1. The van der Waals surface area contributed by atoms with Crippen molar-refractivity contribution in [1.29, 1.82) is 0 Å². The minimum Gasteiger partial charge on any atom is -0.488 e. The van der Waals surface area contributed by atoms with Crippen LogP contribution in [0, 0.1) is 6.92 Å². The van der Waals surface area contributed by atoms with Crippen LogP contribution >= 0.6 is 0 Å². The number of anilines is 1. The molecule has 2 N–H and O–H groups in total. The number of benzene rings is 1. The monoisotopic (exact) mass is 276 g/mol. The lowest BCUT2D eigenvalue weighted by atomic mass is 10.2. The van der Waals surface area contributed by atoms with E-state index in [0.717, 1.165) is 24.3 Å². The Hall–Kier alpha value is -2.01. The van der Waals surface area contributed by atoms with Gasteiger partial charge in [-0.15, -0.1) is 6.58 Å². The highest BCUT2D eigenvalue weighted by Crippen LogP contribution is 2.25. The van der Waals surface area contributed by atoms with Crippen LogP contribution in [0.3, 0.4) is 0 Å². The lowest BCUT2D eigenvalue weighted by Gasteiger charge is -2.15. The highest BCUT2D eigenvalue weighted by atomic mass is 16.5. The predicted molar refractivity (Wildman–Crippen MR) is 78.2 cm³/mol. The van der Waals surface area contributed by atoms with Crippen molar-refractivity contribution in [1.82, 2.24) is 5.32 Å². The van der Waals surface area contributed by atoms with E-state index in [-0.39, 0.29) is 12.1 Å². The summed E-state index contributed by atoms with van der Waals surface area (Å²) in [5.41, 5.74) is 1.74. The Balaban J connectivity index is 1.99. The molecule has 0 bridgehead atoms. The van der Waals surface area contributed by atoms with Crippen molar-refractivity contribution in [2.75, 3.05) is 25.1 Å². The Bertz CT molecular complexity index is 482. The van der Waals surface area contributed by atoms with E-state index in [1.165, 1.54) is 0 Å². The predicted octanol–water partition coefficient (Wildman–Crippen LogP) is 2.47. The molecule has 0 aliphatic carbocycles. The van der Waals surface area contributed by atoms with E-state index in [4.69, 9.17) is 9.47 Å². The largest absolute Gasteiger partial charge is 0.488 e. The van der Waals surface area contributed by atoms with Crippen LogP contribution in [0.5, 0.6) is 5.75 Å². The number of rotatable bonds is 5. The minimum absolute atomic E-state index is 0.0959. The minimum atomic E-state index is -0.260. The molecule has 1 saturated heterocycles. The third-order valence-electron chi connectivity index (χ3n) is 3.03. The molecule has 2 amide bonds. The summed E-state index contributed by atoms with van der Waals surface area (Å²) in [7, 11) is 0. The van der Waals surface area contributed by atoms with Gasteiger partial charge >= 0.3 is 6.03 Å². The molecule has 1 aromatic rings. The summed E-state index contributed by atoms with van der Waals surface area (Å²) in [6, 6.07) is 5.35. The number of aryl methyl sites for hydroxylation is 1. The quantitative estimate of drug-likeness (QED) is 0.812. The van der Waals surface area contributed by atoms with Gasteiger partial charge in [-0.25, -0.2) is 4.79 Å². The normalized spacial score (nSPS) is 17.6. The summed E-state index contributed by atoms with van der Waals surface area (Å²) >= 11 is 0. The molecule has 1 aromatic carbocycles.